The molecule has 0 rings (SSSR count). The predicted molar refractivity (Wildman–Crippen MR) is 243 cm³/mol. The van der Waals surface area contributed by atoms with Crippen LogP contribution in [-0.2, 0) is 28.6 Å². The van der Waals surface area contributed by atoms with E-state index in [1.165, 1.54) is 167 Å². The number of ether oxygens (including phenoxy) is 3. The van der Waals surface area contributed by atoms with Crippen molar-refractivity contribution in [3.63, 3.8) is 0 Å². The van der Waals surface area contributed by atoms with Crippen molar-refractivity contribution in [2.45, 2.75) is 285 Å². The molecular weight excluding hydrogens is 709 g/mol. The van der Waals surface area contributed by atoms with E-state index in [0.29, 0.717) is 19.3 Å². The van der Waals surface area contributed by atoms with Crippen molar-refractivity contribution in [3.05, 3.63) is 0 Å². The molecule has 0 aliphatic carbocycles. The molecule has 0 saturated carbocycles. The van der Waals surface area contributed by atoms with Gasteiger partial charge in [-0.15, -0.1) is 0 Å². The molecule has 0 aromatic rings. The Bertz CT molecular complexity index is 870. The van der Waals surface area contributed by atoms with Crippen LogP contribution in [0.3, 0.4) is 0 Å². The lowest BCUT2D eigenvalue weighted by Crippen LogP contribution is -2.30. The molecule has 0 unspecified atom stereocenters. The standard InChI is InChI=1S/C51H98O6/c1-6-7-8-9-24-31-36-41-49(52)55-44-48(45-56-50(53)42-37-32-27-22-18-15-14-17-21-26-30-35-40-47(4)5)57-51(54)43-38-33-28-23-19-13-11-10-12-16-20-25-29-34-39-46(2)3/h46-48H,6-45H2,1-5H3/t48-/m1/s1. The molecule has 0 spiro atoms. The van der Waals surface area contributed by atoms with Gasteiger partial charge < -0.3 is 14.2 Å². The summed E-state index contributed by atoms with van der Waals surface area (Å²) in [7, 11) is 0. The van der Waals surface area contributed by atoms with Crippen molar-refractivity contribution in [1.82, 2.24) is 0 Å². The van der Waals surface area contributed by atoms with Gasteiger partial charge in [0.15, 0.2) is 6.10 Å². The summed E-state index contributed by atoms with van der Waals surface area (Å²) < 4.78 is 16.7. The Kier molecular flexibility index (Phi) is 42.7. The molecule has 6 heteroatoms. The molecule has 57 heavy (non-hydrogen) atoms. The second-order valence-corrected chi connectivity index (χ2v) is 18.4. The average molecular weight is 807 g/mol. The van der Waals surface area contributed by atoms with Crippen LogP contribution in [0.15, 0.2) is 0 Å². The first-order valence-corrected chi connectivity index (χ1v) is 25.2. The molecule has 6 nitrogen and oxygen atoms in total. The third-order valence-electron chi connectivity index (χ3n) is 11.5. The Balaban J connectivity index is 4.21. The van der Waals surface area contributed by atoms with Gasteiger partial charge in [0.05, 0.1) is 0 Å². The zero-order chi connectivity index (χ0) is 41.9. The Morgan fingerprint density at radius 2 is 0.579 bits per heavy atom. The monoisotopic (exact) mass is 807 g/mol. The maximum atomic E-state index is 12.7. The highest BCUT2D eigenvalue weighted by atomic mass is 16.6. The van der Waals surface area contributed by atoms with Crippen molar-refractivity contribution < 1.29 is 28.6 Å². The van der Waals surface area contributed by atoms with Gasteiger partial charge in [0.25, 0.3) is 0 Å². The number of carbonyl (C=O) groups excluding carboxylic acids is 3. The molecule has 0 aliphatic rings. The van der Waals surface area contributed by atoms with Crippen LogP contribution in [0.1, 0.15) is 279 Å². The van der Waals surface area contributed by atoms with Crippen molar-refractivity contribution in [1.29, 1.82) is 0 Å². The Morgan fingerprint density at radius 1 is 0.333 bits per heavy atom. The lowest BCUT2D eigenvalue weighted by Gasteiger charge is -2.18. The molecule has 0 aromatic heterocycles. The fourth-order valence-electron chi connectivity index (χ4n) is 7.64. The molecule has 0 amide bonds. The minimum atomic E-state index is -0.760. The minimum absolute atomic E-state index is 0.0642. The van der Waals surface area contributed by atoms with E-state index >= 15 is 0 Å². The first-order chi connectivity index (χ1) is 27.7. The van der Waals surface area contributed by atoms with Gasteiger partial charge >= 0.3 is 17.9 Å². The van der Waals surface area contributed by atoms with E-state index in [9.17, 15) is 14.4 Å². The van der Waals surface area contributed by atoms with E-state index in [1.807, 2.05) is 0 Å². The lowest BCUT2D eigenvalue weighted by atomic mass is 10.0. The van der Waals surface area contributed by atoms with E-state index in [4.69, 9.17) is 14.2 Å². The lowest BCUT2D eigenvalue weighted by molar-refractivity contribution is -0.167. The van der Waals surface area contributed by atoms with Gasteiger partial charge in [-0.1, -0.05) is 240 Å². The van der Waals surface area contributed by atoms with Crippen LogP contribution in [0.25, 0.3) is 0 Å². The van der Waals surface area contributed by atoms with E-state index in [1.54, 1.807) is 0 Å². The normalized spacial score (nSPS) is 12.1. The van der Waals surface area contributed by atoms with Crippen molar-refractivity contribution in [2.24, 2.45) is 11.8 Å². The SMILES string of the molecule is CCCCCCCCCC(=O)OC[C@H](COC(=O)CCCCCCCCCCCCCCC(C)C)OC(=O)CCCCCCCCCCCCCCCCC(C)C. The number of hydrogen-bond acceptors (Lipinski definition) is 6. The molecule has 0 heterocycles. The van der Waals surface area contributed by atoms with E-state index in [-0.39, 0.29) is 31.1 Å². The van der Waals surface area contributed by atoms with Gasteiger partial charge in [0.2, 0.25) is 0 Å². The van der Waals surface area contributed by atoms with Crippen LogP contribution < -0.4 is 0 Å². The summed E-state index contributed by atoms with van der Waals surface area (Å²) in [6.07, 6.45) is 43.9. The smallest absolute Gasteiger partial charge is 0.306 e. The van der Waals surface area contributed by atoms with Gasteiger partial charge in [0, 0.05) is 19.3 Å². The highest BCUT2D eigenvalue weighted by Gasteiger charge is 2.19. The summed E-state index contributed by atoms with van der Waals surface area (Å²) in [6.45, 7) is 11.3. The largest absolute Gasteiger partial charge is 0.462 e. The van der Waals surface area contributed by atoms with Crippen LogP contribution in [0.5, 0.6) is 0 Å². The Hall–Kier alpha value is -1.59. The second kappa shape index (κ2) is 44.0. The molecule has 0 radical (unpaired) electrons. The number of carbonyl (C=O) groups is 3. The van der Waals surface area contributed by atoms with E-state index < -0.39 is 6.10 Å². The van der Waals surface area contributed by atoms with Crippen LogP contribution in [0, 0.1) is 11.8 Å². The number of esters is 3. The number of rotatable bonds is 45. The summed E-state index contributed by atoms with van der Waals surface area (Å²) in [5.74, 6) is 0.822. The fraction of sp³-hybridized carbons (Fsp3) is 0.941. The first-order valence-electron chi connectivity index (χ1n) is 25.2. The summed E-state index contributed by atoms with van der Waals surface area (Å²) in [4.78, 5) is 37.7. The fourth-order valence-corrected chi connectivity index (χ4v) is 7.64. The van der Waals surface area contributed by atoms with Crippen molar-refractivity contribution in [3.8, 4) is 0 Å². The van der Waals surface area contributed by atoms with Crippen LogP contribution in [-0.4, -0.2) is 37.2 Å². The summed E-state index contributed by atoms with van der Waals surface area (Å²) in [6, 6.07) is 0. The zero-order valence-corrected chi connectivity index (χ0v) is 39.0. The van der Waals surface area contributed by atoms with Gasteiger partial charge in [0.1, 0.15) is 13.2 Å². The summed E-state index contributed by atoms with van der Waals surface area (Å²) in [5.41, 5.74) is 0. The van der Waals surface area contributed by atoms with Crippen LogP contribution in [0.2, 0.25) is 0 Å². The van der Waals surface area contributed by atoms with Crippen molar-refractivity contribution >= 4 is 17.9 Å². The predicted octanol–water partition coefficient (Wildman–Crippen LogP) is 16.1. The average Bonchev–Trinajstić information content (AvgIpc) is 3.18. The number of hydrogen-bond donors (Lipinski definition) is 0. The van der Waals surface area contributed by atoms with Gasteiger partial charge in [-0.3, -0.25) is 14.4 Å². The van der Waals surface area contributed by atoms with Gasteiger partial charge in [-0.05, 0) is 31.1 Å². The minimum Gasteiger partial charge on any atom is -0.462 e. The molecule has 0 bridgehead atoms. The highest BCUT2D eigenvalue weighted by Crippen LogP contribution is 2.17. The summed E-state index contributed by atoms with van der Waals surface area (Å²) >= 11 is 0. The quantitative estimate of drug-likeness (QED) is 0.0346. The van der Waals surface area contributed by atoms with Gasteiger partial charge in [-0.2, -0.15) is 0 Å². The first kappa shape index (κ1) is 55.4. The molecule has 338 valence electrons. The topological polar surface area (TPSA) is 78.9 Å². The van der Waals surface area contributed by atoms with E-state index in [2.05, 4.69) is 34.6 Å². The van der Waals surface area contributed by atoms with Crippen LogP contribution in [0.4, 0.5) is 0 Å². The summed E-state index contributed by atoms with van der Waals surface area (Å²) in [5, 5.41) is 0. The maximum absolute atomic E-state index is 12.7. The molecule has 0 aromatic carbocycles. The van der Waals surface area contributed by atoms with E-state index in [0.717, 1.165) is 69.6 Å². The highest BCUT2D eigenvalue weighted by molar-refractivity contribution is 5.71. The molecule has 0 saturated heterocycles. The number of unbranched alkanes of at least 4 members (excludes halogenated alkanes) is 30. The Labute approximate surface area is 355 Å². The van der Waals surface area contributed by atoms with Crippen LogP contribution >= 0.6 is 0 Å². The molecule has 0 fully saturated rings. The third-order valence-corrected chi connectivity index (χ3v) is 11.5. The molecular formula is C51H98O6. The maximum Gasteiger partial charge on any atom is 0.306 e. The second-order valence-electron chi connectivity index (χ2n) is 18.4. The molecule has 0 N–H and O–H groups in total. The third kappa shape index (κ3) is 45.3. The van der Waals surface area contributed by atoms with Crippen molar-refractivity contribution in [2.75, 3.05) is 13.2 Å². The molecule has 0 aliphatic heterocycles. The Morgan fingerprint density at radius 3 is 0.860 bits per heavy atom. The zero-order valence-electron chi connectivity index (χ0n) is 39.0. The molecule has 1 atom stereocenters. The van der Waals surface area contributed by atoms with Gasteiger partial charge in [-0.25, -0.2) is 0 Å².